The van der Waals surface area contributed by atoms with Crippen LogP contribution in [0.25, 0.3) is 0 Å². The molecular formula is C30H26F2N2O3. The molecule has 0 saturated carbocycles. The summed E-state index contributed by atoms with van der Waals surface area (Å²) in [6, 6.07) is 26.0. The smallest absolute Gasteiger partial charge is 0.258 e. The number of carbonyl (C=O) groups excluding carboxylic acids is 2. The van der Waals surface area contributed by atoms with Gasteiger partial charge in [-0.15, -0.1) is 0 Å². The van der Waals surface area contributed by atoms with Gasteiger partial charge in [-0.2, -0.15) is 0 Å². The summed E-state index contributed by atoms with van der Waals surface area (Å²) in [5.74, 6) is -0.604. The minimum absolute atomic E-state index is 0.148. The lowest BCUT2D eigenvalue weighted by atomic mass is 10.1. The normalized spacial score (nSPS) is 10.6. The van der Waals surface area contributed by atoms with E-state index in [4.69, 9.17) is 4.74 Å². The van der Waals surface area contributed by atoms with Crippen molar-refractivity contribution in [2.24, 2.45) is 0 Å². The van der Waals surface area contributed by atoms with Crippen LogP contribution in [0.2, 0.25) is 0 Å². The van der Waals surface area contributed by atoms with E-state index in [1.165, 1.54) is 31.4 Å². The molecule has 1 N–H and O–H groups in total. The molecule has 0 unspecified atom stereocenters. The summed E-state index contributed by atoms with van der Waals surface area (Å²) in [4.78, 5) is 27.5. The van der Waals surface area contributed by atoms with Crippen LogP contribution in [-0.4, -0.2) is 18.9 Å². The van der Waals surface area contributed by atoms with Crippen molar-refractivity contribution < 1.29 is 23.1 Å². The quantitative estimate of drug-likeness (QED) is 0.322. The van der Waals surface area contributed by atoms with Crippen LogP contribution in [0, 0.1) is 11.6 Å². The summed E-state index contributed by atoms with van der Waals surface area (Å²) in [7, 11) is 1.53. The van der Waals surface area contributed by atoms with Gasteiger partial charge >= 0.3 is 0 Å². The van der Waals surface area contributed by atoms with Gasteiger partial charge in [0.2, 0.25) is 5.91 Å². The molecule has 0 radical (unpaired) electrons. The number of anilines is 1. The number of hydrogen-bond donors (Lipinski definition) is 1. The summed E-state index contributed by atoms with van der Waals surface area (Å²) >= 11 is 0. The van der Waals surface area contributed by atoms with Crippen LogP contribution in [0.5, 0.6) is 5.75 Å². The molecule has 4 aromatic carbocycles. The number of amides is 2. The number of carbonyl (C=O) groups is 2. The largest absolute Gasteiger partial charge is 0.497 e. The van der Waals surface area contributed by atoms with Crippen molar-refractivity contribution in [2.75, 3.05) is 12.0 Å². The van der Waals surface area contributed by atoms with Gasteiger partial charge in [-0.3, -0.25) is 9.59 Å². The minimum atomic E-state index is -0.381. The highest BCUT2D eigenvalue weighted by Gasteiger charge is 2.19. The summed E-state index contributed by atoms with van der Waals surface area (Å²) in [5.41, 5.74) is 3.24. The number of benzene rings is 4. The fourth-order valence-corrected chi connectivity index (χ4v) is 3.85. The Labute approximate surface area is 214 Å². The van der Waals surface area contributed by atoms with Gasteiger partial charge in [-0.25, -0.2) is 8.78 Å². The van der Waals surface area contributed by atoms with Crippen LogP contribution in [0.3, 0.4) is 0 Å². The third-order valence-electron chi connectivity index (χ3n) is 5.81. The Morgan fingerprint density at radius 1 is 0.784 bits per heavy atom. The van der Waals surface area contributed by atoms with Gasteiger partial charge in [0, 0.05) is 17.8 Å². The van der Waals surface area contributed by atoms with Gasteiger partial charge in [0.15, 0.2) is 0 Å². The zero-order valence-corrected chi connectivity index (χ0v) is 20.3. The molecule has 7 heteroatoms. The molecule has 4 aromatic rings. The monoisotopic (exact) mass is 500 g/mol. The lowest BCUT2D eigenvalue weighted by Crippen LogP contribution is -2.30. The van der Waals surface area contributed by atoms with Crippen molar-refractivity contribution >= 4 is 17.5 Å². The van der Waals surface area contributed by atoms with E-state index < -0.39 is 0 Å². The fraction of sp³-hybridized carbons (Fsp3) is 0.133. The van der Waals surface area contributed by atoms with Crippen LogP contribution in [-0.2, 0) is 24.3 Å². The van der Waals surface area contributed by atoms with Gasteiger partial charge in [-0.1, -0.05) is 42.5 Å². The lowest BCUT2D eigenvalue weighted by molar-refractivity contribution is -0.120. The maximum atomic E-state index is 13.8. The van der Waals surface area contributed by atoms with Gasteiger partial charge in [-0.05, 0) is 71.3 Å². The van der Waals surface area contributed by atoms with Gasteiger partial charge < -0.3 is 15.0 Å². The number of halogens is 2. The average Bonchev–Trinajstić information content (AvgIpc) is 2.92. The molecule has 0 aliphatic carbocycles. The first-order chi connectivity index (χ1) is 17.9. The molecule has 4 rings (SSSR count). The Morgan fingerprint density at radius 2 is 1.49 bits per heavy atom. The van der Waals surface area contributed by atoms with Crippen molar-refractivity contribution in [2.45, 2.75) is 19.5 Å². The van der Waals surface area contributed by atoms with E-state index in [0.717, 1.165) is 11.1 Å². The zero-order chi connectivity index (χ0) is 26.2. The van der Waals surface area contributed by atoms with Crippen LogP contribution in [0.15, 0.2) is 97.1 Å². The molecule has 37 heavy (non-hydrogen) atoms. The van der Waals surface area contributed by atoms with Gasteiger partial charge in [0.1, 0.15) is 17.4 Å². The third-order valence-corrected chi connectivity index (χ3v) is 5.81. The molecule has 0 aliphatic rings. The molecule has 0 aromatic heterocycles. The Bertz CT molecular complexity index is 1370. The molecule has 5 nitrogen and oxygen atoms in total. The van der Waals surface area contributed by atoms with E-state index in [-0.39, 0.29) is 36.4 Å². The molecule has 0 atom stereocenters. The lowest BCUT2D eigenvalue weighted by Gasteiger charge is -2.24. The fourth-order valence-electron chi connectivity index (χ4n) is 3.85. The maximum absolute atomic E-state index is 13.8. The Balaban J connectivity index is 1.50. The van der Waals surface area contributed by atoms with E-state index in [2.05, 4.69) is 5.32 Å². The van der Waals surface area contributed by atoms with E-state index in [1.807, 2.05) is 0 Å². The first kappa shape index (κ1) is 25.6. The summed E-state index contributed by atoms with van der Waals surface area (Å²) in [5, 5.41) is 2.82. The topological polar surface area (TPSA) is 58.6 Å². The number of rotatable bonds is 9. The molecule has 2 amide bonds. The van der Waals surface area contributed by atoms with E-state index in [0.29, 0.717) is 29.1 Å². The second kappa shape index (κ2) is 11.9. The number of nitrogens with zero attached hydrogens (tertiary/aromatic N) is 1. The molecule has 188 valence electrons. The van der Waals surface area contributed by atoms with E-state index >= 15 is 0 Å². The van der Waals surface area contributed by atoms with Crippen molar-refractivity contribution in [3.05, 3.63) is 131 Å². The van der Waals surface area contributed by atoms with E-state index in [9.17, 15) is 18.4 Å². The second-order valence-corrected chi connectivity index (χ2v) is 8.50. The number of ether oxygens (including phenoxy) is 1. The van der Waals surface area contributed by atoms with Crippen LogP contribution < -0.4 is 15.0 Å². The molecule has 0 fully saturated rings. The van der Waals surface area contributed by atoms with Crippen LogP contribution >= 0.6 is 0 Å². The molecular weight excluding hydrogens is 474 g/mol. The van der Waals surface area contributed by atoms with Crippen molar-refractivity contribution in [3.63, 3.8) is 0 Å². The summed E-state index contributed by atoms with van der Waals surface area (Å²) in [6.07, 6.45) is 0.148. The highest BCUT2D eigenvalue weighted by atomic mass is 19.1. The highest BCUT2D eigenvalue weighted by molar-refractivity contribution is 6.06. The Kier molecular flexibility index (Phi) is 8.26. The molecule has 0 spiro atoms. The Morgan fingerprint density at radius 3 is 2.19 bits per heavy atom. The first-order valence-electron chi connectivity index (χ1n) is 11.7. The predicted octanol–water partition coefficient (Wildman–Crippen LogP) is 5.68. The average molecular weight is 501 g/mol. The zero-order valence-electron chi connectivity index (χ0n) is 20.3. The maximum Gasteiger partial charge on any atom is 0.258 e. The minimum Gasteiger partial charge on any atom is -0.497 e. The van der Waals surface area contributed by atoms with Gasteiger partial charge in [0.05, 0.1) is 20.1 Å². The summed E-state index contributed by atoms with van der Waals surface area (Å²) < 4.78 is 32.1. The SMILES string of the molecule is COc1cccc(C(=O)N(Cc2cccc(F)c2)c2ccc(CC(=O)NCc3ccc(F)cc3)cc2)c1. The van der Waals surface area contributed by atoms with Crippen LogP contribution in [0.1, 0.15) is 27.0 Å². The second-order valence-electron chi connectivity index (χ2n) is 8.50. The van der Waals surface area contributed by atoms with E-state index in [1.54, 1.807) is 77.7 Å². The van der Waals surface area contributed by atoms with Gasteiger partial charge in [0.25, 0.3) is 5.91 Å². The molecule has 0 saturated heterocycles. The van der Waals surface area contributed by atoms with Crippen molar-refractivity contribution in [3.8, 4) is 5.75 Å². The predicted molar refractivity (Wildman–Crippen MR) is 138 cm³/mol. The third kappa shape index (κ3) is 7.01. The first-order valence-corrected chi connectivity index (χ1v) is 11.7. The highest BCUT2D eigenvalue weighted by Crippen LogP contribution is 2.23. The molecule has 0 bridgehead atoms. The van der Waals surface area contributed by atoms with Crippen LogP contribution in [0.4, 0.5) is 14.5 Å². The Hall–Kier alpha value is -4.52. The summed E-state index contributed by atoms with van der Waals surface area (Å²) in [6.45, 7) is 0.457. The standard InChI is InChI=1S/C30H26F2N2O3/c1-37-28-7-3-5-24(18-28)30(36)34(20-23-4-2-6-26(32)16-23)27-14-10-21(11-15-27)17-29(35)33-19-22-8-12-25(31)13-9-22/h2-16,18H,17,19-20H2,1H3,(H,33,35). The molecule has 0 heterocycles. The van der Waals surface area contributed by atoms with Crippen molar-refractivity contribution in [1.82, 2.24) is 5.32 Å². The molecule has 0 aliphatic heterocycles. The number of nitrogens with one attached hydrogen (secondary N) is 1. The number of hydrogen-bond acceptors (Lipinski definition) is 3. The number of methoxy groups -OCH3 is 1. The van der Waals surface area contributed by atoms with Crippen molar-refractivity contribution in [1.29, 1.82) is 0 Å².